The predicted molar refractivity (Wildman–Crippen MR) is 344 cm³/mol. The van der Waals surface area contributed by atoms with E-state index in [-0.39, 0.29) is 31.1 Å². The summed E-state index contributed by atoms with van der Waals surface area (Å²) in [6.45, 7) is 6.67. The molecule has 0 aliphatic rings. The Morgan fingerprint density at radius 2 is 0.456 bits per heavy atom. The van der Waals surface area contributed by atoms with Gasteiger partial charge in [-0.15, -0.1) is 0 Å². The topological polar surface area (TPSA) is 78.9 Å². The molecule has 0 N–H and O–H groups in total. The first-order chi connectivity index (χ1) is 39.0. The molecule has 0 bridgehead atoms. The van der Waals surface area contributed by atoms with Crippen molar-refractivity contribution in [2.45, 2.75) is 386 Å². The van der Waals surface area contributed by atoms with Gasteiger partial charge in [0, 0.05) is 19.3 Å². The normalized spacial score (nSPS) is 12.3. The van der Waals surface area contributed by atoms with Crippen LogP contribution in [0, 0.1) is 0 Å². The average Bonchev–Trinajstić information content (AvgIpc) is 3.45. The number of rotatable bonds is 65. The molecule has 0 aromatic heterocycles. The molecule has 0 rings (SSSR count). The highest BCUT2D eigenvalue weighted by Crippen LogP contribution is 2.18. The van der Waals surface area contributed by atoms with E-state index in [1.165, 1.54) is 263 Å². The minimum atomic E-state index is -0.778. The Labute approximate surface area is 492 Å². The largest absolute Gasteiger partial charge is 0.462 e. The second-order valence-corrected chi connectivity index (χ2v) is 23.8. The molecular weight excluding hydrogens is 973 g/mol. The van der Waals surface area contributed by atoms with Crippen molar-refractivity contribution in [3.63, 3.8) is 0 Å². The number of allylic oxidation sites excluding steroid dienone is 8. The molecule has 1 atom stereocenters. The summed E-state index contributed by atoms with van der Waals surface area (Å²) < 4.78 is 16.9. The third-order valence-electron chi connectivity index (χ3n) is 15.8. The summed E-state index contributed by atoms with van der Waals surface area (Å²) in [5.74, 6) is -0.863. The van der Waals surface area contributed by atoms with Gasteiger partial charge in [-0.2, -0.15) is 0 Å². The van der Waals surface area contributed by atoms with Crippen LogP contribution in [0.1, 0.15) is 380 Å². The number of hydrogen-bond donors (Lipinski definition) is 0. The SMILES string of the molecule is CCCCCCC/C=C\C/C=C\C/C=C\CCCCCCCCC(=O)OC(COC(=O)CCCCCCCCCCCCC)COC(=O)CCCCCCCCCCCCCCCCCCC/C=C\CCCCCCCCCC. The molecule has 0 aromatic rings. The van der Waals surface area contributed by atoms with E-state index in [4.69, 9.17) is 14.2 Å². The number of unbranched alkanes of at least 4 members (excludes halogenated alkanes) is 46. The molecule has 1 unspecified atom stereocenters. The maximum Gasteiger partial charge on any atom is 0.306 e. The molecule has 79 heavy (non-hydrogen) atoms. The molecule has 462 valence electrons. The van der Waals surface area contributed by atoms with E-state index in [2.05, 4.69) is 69.4 Å². The fraction of sp³-hybridized carbons (Fsp3) is 0.849. The zero-order valence-electron chi connectivity index (χ0n) is 53.2. The zero-order valence-corrected chi connectivity index (χ0v) is 53.2. The highest BCUT2D eigenvalue weighted by Gasteiger charge is 2.19. The van der Waals surface area contributed by atoms with Crippen molar-refractivity contribution in [1.82, 2.24) is 0 Å². The van der Waals surface area contributed by atoms with Crippen LogP contribution in [0.15, 0.2) is 48.6 Å². The smallest absolute Gasteiger partial charge is 0.306 e. The lowest BCUT2D eigenvalue weighted by Gasteiger charge is -2.18. The first-order valence-corrected chi connectivity index (χ1v) is 35.1. The summed E-state index contributed by atoms with van der Waals surface area (Å²) in [7, 11) is 0. The summed E-state index contributed by atoms with van der Waals surface area (Å²) in [5.41, 5.74) is 0. The number of carbonyl (C=O) groups is 3. The maximum atomic E-state index is 12.9. The van der Waals surface area contributed by atoms with Crippen LogP contribution in [0.3, 0.4) is 0 Å². The number of ether oxygens (including phenoxy) is 3. The zero-order chi connectivity index (χ0) is 57.1. The second-order valence-electron chi connectivity index (χ2n) is 23.8. The lowest BCUT2D eigenvalue weighted by Crippen LogP contribution is -2.30. The molecule has 0 aliphatic heterocycles. The maximum absolute atomic E-state index is 12.9. The molecule has 0 aliphatic carbocycles. The Balaban J connectivity index is 4.18. The second kappa shape index (κ2) is 67.9. The Morgan fingerprint density at radius 3 is 0.722 bits per heavy atom. The van der Waals surface area contributed by atoms with Crippen LogP contribution in [0.5, 0.6) is 0 Å². The highest BCUT2D eigenvalue weighted by molar-refractivity contribution is 5.71. The van der Waals surface area contributed by atoms with Crippen LogP contribution < -0.4 is 0 Å². The van der Waals surface area contributed by atoms with Crippen molar-refractivity contribution in [2.75, 3.05) is 13.2 Å². The fourth-order valence-corrected chi connectivity index (χ4v) is 10.5. The highest BCUT2D eigenvalue weighted by atomic mass is 16.6. The molecule has 0 fully saturated rings. The van der Waals surface area contributed by atoms with Crippen molar-refractivity contribution in [3.8, 4) is 0 Å². The van der Waals surface area contributed by atoms with Gasteiger partial charge in [-0.1, -0.05) is 326 Å². The summed E-state index contributed by atoms with van der Waals surface area (Å²) in [5, 5.41) is 0. The van der Waals surface area contributed by atoms with Crippen LogP contribution in [-0.4, -0.2) is 37.2 Å². The van der Waals surface area contributed by atoms with E-state index in [1.54, 1.807) is 0 Å². The lowest BCUT2D eigenvalue weighted by molar-refractivity contribution is -0.167. The number of esters is 3. The van der Waals surface area contributed by atoms with Gasteiger partial charge in [0.25, 0.3) is 0 Å². The Bertz CT molecular complexity index is 1360. The third kappa shape index (κ3) is 66.1. The van der Waals surface area contributed by atoms with E-state index in [0.717, 1.165) is 77.0 Å². The quantitative estimate of drug-likeness (QED) is 0.0261. The Hall–Kier alpha value is -2.63. The first kappa shape index (κ1) is 76.4. The first-order valence-electron chi connectivity index (χ1n) is 35.1. The average molecular weight is 1110 g/mol. The Kier molecular flexibility index (Phi) is 65.6. The molecular formula is C73H134O6. The Morgan fingerprint density at radius 1 is 0.253 bits per heavy atom. The summed E-state index contributed by atoms with van der Waals surface area (Å²) in [6, 6.07) is 0. The summed E-state index contributed by atoms with van der Waals surface area (Å²) in [6.07, 6.45) is 85.7. The van der Waals surface area contributed by atoms with Crippen LogP contribution >= 0.6 is 0 Å². The van der Waals surface area contributed by atoms with Crippen molar-refractivity contribution in [3.05, 3.63) is 48.6 Å². The van der Waals surface area contributed by atoms with Gasteiger partial charge in [-0.05, 0) is 83.5 Å². The van der Waals surface area contributed by atoms with Gasteiger partial charge in [0.05, 0.1) is 0 Å². The molecule has 0 amide bonds. The van der Waals surface area contributed by atoms with Crippen LogP contribution in [0.25, 0.3) is 0 Å². The van der Waals surface area contributed by atoms with E-state index in [0.29, 0.717) is 19.3 Å². The van der Waals surface area contributed by atoms with Crippen LogP contribution in [-0.2, 0) is 28.6 Å². The minimum absolute atomic E-state index is 0.0740. The van der Waals surface area contributed by atoms with E-state index in [9.17, 15) is 14.4 Å². The molecule has 0 heterocycles. The monoisotopic (exact) mass is 1110 g/mol. The number of hydrogen-bond acceptors (Lipinski definition) is 6. The molecule has 6 heteroatoms. The standard InChI is InChI=1S/C73H134O6/c1-4-7-10-13-16-19-22-24-26-28-30-32-33-34-35-36-37-38-39-41-42-44-46-48-51-54-57-60-63-66-72(75)78-69-70(68-77-71(74)65-62-59-56-53-50-21-18-15-12-9-6-3)79-73(76)67-64-61-58-55-52-49-47-45-43-40-31-29-27-25-23-20-17-14-11-8-5-2/h23,25,28-31,43,45,70H,4-22,24,26-27,32-42,44,46-69H2,1-3H3/b25-23-,30-28-,31-29-,45-43-. The van der Waals surface area contributed by atoms with Crippen LogP contribution in [0.4, 0.5) is 0 Å². The van der Waals surface area contributed by atoms with Gasteiger partial charge in [0.1, 0.15) is 13.2 Å². The molecule has 0 radical (unpaired) electrons. The summed E-state index contributed by atoms with van der Waals surface area (Å²) >= 11 is 0. The predicted octanol–water partition coefficient (Wildman–Crippen LogP) is 24.1. The minimum Gasteiger partial charge on any atom is -0.462 e. The van der Waals surface area contributed by atoms with Crippen molar-refractivity contribution in [1.29, 1.82) is 0 Å². The van der Waals surface area contributed by atoms with Gasteiger partial charge < -0.3 is 14.2 Å². The van der Waals surface area contributed by atoms with Crippen molar-refractivity contribution in [2.24, 2.45) is 0 Å². The van der Waals surface area contributed by atoms with Gasteiger partial charge in [-0.3, -0.25) is 14.4 Å². The molecule has 0 aromatic carbocycles. The van der Waals surface area contributed by atoms with E-state index < -0.39 is 6.10 Å². The van der Waals surface area contributed by atoms with E-state index in [1.807, 2.05) is 0 Å². The van der Waals surface area contributed by atoms with Crippen LogP contribution in [0.2, 0.25) is 0 Å². The van der Waals surface area contributed by atoms with Crippen molar-refractivity contribution >= 4 is 17.9 Å². The van der Waals surface area contributed by atoms with E-state index >= 15 is 0 Å². The van der Waals surface area contributed by atoms with Gasteiger partial charge in [0.15, 0.2) is 6.10 Å². The molecule has 0 spiro atoms. The van der Waals surface area contributed by atoms with Gasteiger partial charge >= 0.3 is 17.9 Å². The lowest BCUT2D eigenvalue weighted by atomic mass is 10.0. The third-order valence-corrected chi connectivity index (χ3v) is 15.8. The molecule has 0 saturated heterocycles. The molecule has 6 nitrogen and oxygen atoms in total. The van der Waals surface area contributed by atoms with Gasteiger partial charge in [-0.25, -0.2) is 0 Å². The fourth-order valence-electron chi connectivity index (χ4n) is 10.5. The summed E-state index contributed by atoms with van der Waals surface area (Å²) in [4.78, 5) is 38.3. The molecule has 0 saturated carbocycles. The van der Waals surface area contributed by atoms with Crippen molar-refractivity contribution < 1.29 is 28.6 Å². The number of carbonyl (C=O) groups excluding carboxylic acids is 3. The van der Waals surface area contributed by atoms with Gasteiger partial charge in [0.2, 0.25) is 0 Å².